The Balaban J connectivity index is 1.88. The first-order valence-electron chi connectivity index (χ1n) is 8.22. The van der Waals surface area contributed by atoms with Crippen molar-refractivity contribution in [2.24, 2.45) is 5.92 Å². The van der Waals surface area contributed by atoms with E-state index in [1.807, 2.05) is 0 Å². The van der Waals surface area contributed by atoms with E-state index in [9.17, 15) is 8.42 Å². The lowest BCUT2D eigenvalue weighted by Gasteiger charge is -2.35. The van der Waals surface area contributed by atoms with Crippen molar-refractivity contribution in [3.63, 3.8) is 0 Å². The van der Waals surface area contributed by atoms with E-state index in [4.69, 9.17) is 0 Å². The van der Waals surface area contributed by atoms with Crippen LogP contribution in [0.2, 0.25) is 0 Å². The van der Waals surface area contributed by atoms with Gasteiger partial charge in [0.15, 0.2) is 0 Å². The summed E-state index contributed by atoms with van der Waals surface area (Å²) < 4.78 is 26.7. The van der Waals surface area contributed by atoms with Crippen LogP contribution in [-0.4, -0.2) is 44.2 Å². The molecule has 1 saturated carbocycles. The van der Waals surface area contributed by atoms with Gasteiger partial charge in [0.25, 0.3) is 0 Å². The van der Waals surface area contributed by atoms with E-state index in [1.54, 1.807) is 11.4 Å². The number of hydrogen-bond donors (Lipinski definition) is 1. The van der Waals surface area contributed by atoms with Crippen LogP contribution in [0.4, 0.5) is 0 Å². The summed E-state index contributed by atoms with van der Waals surface area (Å²) in [4.78, 5) is 0. The molecule has 0 aromatic rings. The van der Waals surface area contributed by atoms with Crippen LogP contribution in [0, 0.1) is 5.92 Å². The van der Waals surface area contributed by atoms with Gasteiger partial charge in [0, 0.05) is 19.1 Å². The monoisotopic (exact) mass is 302 g/mol. The molecule has 118 valence electrons. The van der Waals surface area contributed by atoms with Gasteiger partial charge in [-0.05, 0) is 51.0 Å². The normalized spacial score (nSPS) is 32.5. The number of hydrogen-bond acceptors (Lipinski definition) is 3. The fourth-order valence-electron chi connectivity index (χ4n) is 3.58. The van der Waals surface area contributed by atoms with Crippen molar-refractivity contribution in [2.45, 2.75) is 70.4 Å². The molecule has 1 N–H and O–H groups in total. The third-order valence-electron chi connectivity index (χ3n) is 5.17. The fourth-order valence-corrected chi connectivity index (χ4v) is 5.28. The number of nitrogens with zero attached hydrogens (tertiary/aromatic N) is 1. The van der Waals surface area contributed by atoms with Gasteiger partial charge >= 0.3 is 0 Å². The molecule has 0 aromatic heterocycles. The van der Waals surface area contributed by atoms with Gasteiger partial charge < -0.3 is 5.32 Å². The summed E-state index contributed by atoms with van der Waals surface area (Å²) in [6.07, 6.45) is 8.99. The van der Waals surface area contributed by atoms with E-state index in [0.29, 0.717) is 0 Å². The first kappa shape index (κ1) is 16.2. The largest absolute Gasteiger partial charge is 0.313 e. The molecule has 2 rings (SSSR count). The molecule has 1 aliphatic carbocycles. The highest BCUT2D eigenvalue weighted by atomic mass is 32.2. The maximum Gasteiger partial charge on any atom is 0.215 e. The Labute approximate surface area is 124 Å². The van der Waals surface area contributed by atoms with Gasteiger partial charge in [-0.15, -0.1) is 0 Å². The van der Waals surface area contributed by atoms with Gasteiger partial charge in [0.2, 0.25) is 10.0 Å². The van der Waals surface area contributed by atoms with E-state index in [2.05, 4.69) is 12.2 Å². The predicted molar refractivity (Wildman–Crippen MR) is 83.2 cm³/mol. The molecule has 1 aliphatic heterocycles. The molecular weight excluding hydrogens is 272 g/mol. The zero-order valence-electron chi connectivity index (χ0n) is 13.0. The van der Waals surface area contributed by atoms with Gasteiger partial charge in [-0.3, -0.25) is 0 Å². The van der Waals surface area contributed by atoms with Crippen molar-refractivity contribution in [3.05, 3.63) is 0 Å². The summed E-state index contributed by atoms with van der Waals surface area (Å²) in [5.41, 5.74) is 0. The Morgan fingerprint density at radius 3 is 2.35 bits per heavy atom. The van der Waals surface area contributed by atoms with Crippen molar-refractivity contribution in [1.29, 1.82) is 0 Å². The molecule has 4 nitrogen and oxygen atoms in total. The number of piperidine rings is 1. The predicted octanol–water partition coefficient (Wildman–Crippen LogP) is 2.36. The van der Waals surface area contributed by atoms with E-state index < -0.39 is 10.0 Å². The molecule has 5 heteroatoms. The van der Waals surface area contributed by atoms with Crippen molar-refractivity contribution in [1.82, 2.24) is 9.62 Å². The molecule has 1 saturated heterocycles. The fraction of sp³-hybridized carbons (Fsp3) is 1.00. The summed E-state index contributed by atoms with van der Waals surface area (Å²) in [7, 11) is -1.33. The Morgan fingerprint density at radius 1 is 1.10 bits per heavy atom. The zero-order valence-corrected chi connectivity index (χ0v) is 13.8. The van der Waals surface area contributed by atoms with Gasteiger partial charge in [-0.2, -0.15) is 0 Å². The van der Waals surface area contributed by atoms with Crippen molar-refractivity contribution >= 4 is 10.0 Å². The molecule has 0 radical (unpaired) electrons. The molecule has 1 unspecified atom stereocenters. The number of sulfonamides is 1. The zero-order chi connectivity index (χ0) is 14.6. The Bertz CT molecular complexity index is 383. The number of rotatable bonds is 5. The molecule has 20 heavy (non-hydrogen) atoms. The lowest BCUT2D eigenvalue weighted by atomic mass is 9.85. The average Bonchev–Trinajstić information content (AvgIpc) is 2.47. The molecule has 2 fully saturated rings. The van der Waals surface area contributed by atoms with E-state index in [1.165, 1.54) is 25.7 Å². The Kier molecular flexibility index (Phi) is 5.87. The van der Waals surface area contributed by atoms with Gasteiger partial charge in [-0.25, -0.2) is 12.7 Å². The summed E-state index contributed by atoms with van der Waals surface area (Å²) in [5.74, 6) is 1.08. The third kappa shape index (κ3) is 4.18. The third-order valence-corrected chi connectivity index (χ3v) is 7.17. The maximum absolute atomic E-state index is 12.5. The minimum Gasteiger partial charge on any atom is -0.313 e. The average molecular weight is 302 g/mol. The van der Waals surface area contributed by atoms with E-state index in [-0.39, 0.29) is 17.8 Å². The highest BCUT2D eigenvalue weighted by molar-refractivity contribution is 7.89. The first-order chi connectivity index (χ1) is 9.53. The minimum atomic E-state index is -3.11. The van der Waals surface area contributed by atoms with E-state index in [0.717, 1.165) is 38.1 Å². The second kappa shape index (κ2) is 7.23. The van der Waals surface area contributed by atoms with E-state index >= 15 is 0 Å². The lowest BCUT2D eigenvalue weighted by molar-refractivity contribution is 0.232. The highest BCUT2D eigenvalue weighted by Crippen LogP contribution is 2.30. The molecule has 0 bridgehead atoms. The minimum absolute atomic E-state index is 0.156. The maximum atomic E-state index is 12.5. The molecular formula is C15H30N2O2S. The molecule has 1 atom stereocenters. The van der Waals surface area contributed by atoms with Crippen LogP contribution in [0.25, 0.3) is 0 Å². The second-order valence-corrected chi connectivity index (χ2v) is 8.60. The lowest BCUT2D eigenvalue weighted by Crippen LogP contribution is -2.46. The van der Waals surface area contributed by atoms with Crippen LogP contribution >= 0.6 is 0 Å². The van der Waals surface area contributed by atoms with Crippen LogP contribution in [-0.2, 0) is 10.0 Å². The van der Waals surface area contributed by atoms with Gasteiger partial charge in [-0.1, -0.05) is 19.8 Å². The molecule has 0 spiro atoms. The molecule has 2 aliphatic rings. The number of nitrogens with one attached hydrogen (secondary N) is 1. The van der Waals surface area contributed by atoms with Crippen LogP contribution in [0.15, 0.2) is 0 Å². The van der Waals surface area contributed by atoms with Crippen molar-refractivity contribution in [3.8, 4) is 0 Å². The summed E-state index contributed by atoms with van der Waals surface area (Å²) in [5, 5.41) is 3.34. The Morgan fingerprint density at radius 2 is 1.80 bits per heavy atom. The van der Waals surface area contributed by atoms with Crippen LogP contribution in [0.5, 0.6) is 0 Å². The summed E-state index contributed by atoms with van der Waals surface area (Å²) in [6.45, 7) is 3.20. The topological polar surface area (TPSA) is 49.4 Å². The first-order valence-corrected chi connectivity index (χ1v) is 9.83. The molecule has 1 heterocycles. The van der Waals surface area contributed by atoms with Gasteiger partial charge in [0.05, 0.1) is 5.75 Å². The summed E-state index contributed by atoms with van der Waals surface area (Å²) >= 11 is 0. The summed E-state index contributed by atoms with van der Waals surface area (Å²) in [6, 6.07) is 0.384. The smallest absolute Gasteiger partial charge is 0.215 e. The molecule has 0 amide bonds. The Hall–Kier alpha value is -0.130. The van der Waals surface area contributed by atoms with Crippen molar-refractivity contribution < 1.29 is 8.42 Å². The standard InChI is InChI=1S/C15H30N2O2S/c1-3-13-7-9-15(10-8-13)17(2)20(18,19)12-14-6-4-5-11-16-14/h13-16H,3-12H2,1-2H3. The SMILES string of the molecule is CCC1CCC(N(C)S(=O)(=O)CC2CCCCN2)CC1. The van der Waals surface area contributed by atoms with Crippen LogP contribution < -0.4 is 5.32 Å². The van der Waals surface area contributed by atoms with Crippen molar-refractivity contribution in [2.75, 3.05) is 19.3 Å². The van der Waals surface area contributed by atoms with Gasteiger partial charge in [0.1, 0.15) is 0 Å². The highest BCUT2D eigenvalue weighted by Gasteiger charge is 2.31. The van der Waals surface area contributed by atoms with Crippen LogP contribution in [0.3, 0.4) is 0 Å². The second-order valence-electron chi connectivity index (χ2n) is 6.52. The quantitative estimate of drug-likeness (QED) is 0.848. The van der Waals surface area contributed by atoms with Crippen LogP contribution in [0.1, 0.15) is 58.3 Å². The molecule has 0 aromatic carbocycles.